The SMILES string of the molecule is CC1=CC(c2cccc(C)c2)NC=C1c1cccc(C)c1. The maximum Gasteiger partial charge on any atom is 0.0698 e. The second-order valence-electron chi connectivity index (χ2n) is 5.84. The van der Waals surface area contributed by atoms with Gasteiger partial charge in [0.2, 0.25) is 0 Å². The molecule has 1 heterocycles. The van der Waals surface area contributed by atoms with Crippen LogP contribution in [-0.4, -0.2) is 0 Å². The summed E-state index contributed by atoms with van der Waals surface area (Å²) in [5.74, 6) is 0. The molecule has 106 valence electrons. The zero-order valence-corrected chi connectivity index (χ0v) is 12.9. The van der Waals surface area contributed by atoms with Gasteiger partial charge in [0.1, 0.15) is 0 Å². The summed E-state index contributed by atoms with van der Waals surface area (Å²) >= 11 is 0. The first-order valence-electron chi connectivity index (χ1n) is 7.42. The smallest absolute Gasteiger partial charge is 0.0698 e. The van der Waals surface area contributed by atoms with Crippen LogP contribution in [0.4, 0.5) is 0 Å². The lowest BCUT2D eigenvalue weighted by Crippen LogP contribution is -2.18. The second-order valence-corrected chi connectivity index (χ2v) is 5.84. The lowest BCUT2D eigenvalue weighted by Gasteiger charge is -2.23. The van der Waals surface area contributed by atoms with Gasteiger partial charge in [-0.25, -0.2) is 0 Å². The Morgan fingerprint density at radius 2 is 1.57 bits per heavy atom. The molecule has 1 unspecified atom stereocenters. The summed E-state index contributed by atoms with van der Waals surface area (Å²) in [5.41, 5.74) is 7.79. The van der Waals surface area contributed by atoms with E-state index in [1.54, 1.807) is 0 Å². The van der Waals surface area contributed by atoms with E-state index < -0.39 is 0 Å². The van der Waals surface area contributed by atoms with E-state index in [1.807, 2.05) is 0 Å². The molecule has 1 nitrogen and oxygen atoms in total. The van der Waals surface area contributed by atoms with E-state index in [-0.39, 0.29) is 6.04 Å². The highest BCUT2D eigenvalue weighted by molar-refractivity contribution is 5.79. The molecule has 0 amide bonds. The average molecular weight is 275 g/mol. The highest BCUT2D eigenvalue weighted by Gasteiger charge is 2.15. The number of hydrogen-bond acceptors (Lipinski definition) is 1. The molecule has 3 rings (SSSR count). The van der Waals surface area contributed by atoms with Gasteiger partial charge in [-0.05, 0) is 37.5 Å². The van der Waals surface area contributed by atoms with Crippen molar-refractivity contribution >= 4 is 5.57 Å². The van der Waals surface area contributed by atoms with Crippen molar-refractivity contribution in [3.63, 3.8) is 0 Å². The van der Waals surface area contributed by atoms with Crippen LogP contribution < -0.4 is 5.32 Å². The summed E-state index contributed by atoms with van der Waals surface area (Å²) in [6.45, 7) is 6.46. The Morgan fingerprint density at radius 3 is 2.24 bits per heavy atom. The molecule has 0 aromatic heterocycles. The highest BCUT2D eigenvalue weighted by Crippen LogP contribution is 2.30. The number of allylic oxidation sites excluding steroid dienone is 2. The van der Waals surface area contributed by atoms with Crippen molar-refractivity contribution in [2.75, 3.05) is 0 Å². The van der Waals surface area contributed by atoms with Crippen molar-refractivity contribution in [2.24, 2.45) is 0 Å². The largest absolute Gasteiger partial charge is 0.380 e. The van der Waals surface area contributed by atoms with E-state index in [2.05, 4.69) is 86.9 Å². The number of dihydropyridines is 1. The molecule has 0 radical (unpaired) electrons. The van der Waals surface area contributed by atoms with Crippen LogP contribution in [0, 0.1) is 13.8 Å². The van der Waals surface area contributed by atoms with Gasteiger partial charge in [0, 0.05) is 11.8 Å². The number of nitrogens with one attached hydrogen (secondary N) is 1. The first-order chi connectivity index (χ1) is 10.1. The fourth-order valence-corrected chi connectivity index (χ4v) is 2.85. The van der Waals surface area contributed by atoms with Crippen LogP contribution in [0.1, 0.15) is 35.2 Å². The van der Waals surface area contributed by atoms with E-state index in [1.165, 1.54) is 33.4 Å². The number of hydrogen-bond donors (Lipinski definition) is 1. The van der Waals surface area contributed by atoms with Gasteiger partial charge in [-0.15, -0.1) is 0 Å². The average Bonchev–Trinajstić information content (AvgIpc) is 2.47. The van der Waals surface area contributed by atoms with Gasteiger partial charge in [-0.3, -0.25) is 0 Å². The van der Waals surface area contributed by atoms with Crippen LogP contribution >= 0.6 is 0 Å². The Morgan fingerprint density at radius 1 is 0.857 bits per heavy atom. The topological polar surface area (TPSA) is 12.0 Å². The summed E-state index contributed by atoms with van der Waals surface area (Å²) in [7, 11) is 0. The standard InChI is InChI=1S/C20H21N/c1-14-6-4-8-17(10-14)19-13-21-20(12-16(19)3)18-9-5-7-15(2)11-18/h4-13,20-21H,1-3H3. The zero-order chi connectivity index (χ0) is 14.8. The molecule has 0 aliphatic carbocycles. The second kappa shape index (κ2) is 5.61. The van der Waals surface area contributed by atoms with Crippen molar-refractivity contribution in [2.45, 2.75) is 26.8 Å². The first kappa shape index (κ1) is 13.7. The zero-order valence-electron chi connectivity index (χ0n) is 12.9. The van der Waals surface area contributed by atoms with E-state index >= 15 is 0 Å². The minimum atomic E-state index is 0.262. The van der Waals surface area contributed by atoms with Gasteiger partial charge in [-0.1, -0.05) is 65.7 Å². The Labute approximate surface area is 127 Å². The Balaban J connectivity index is 1.89. The fraction of sp³-hybridized carbons (Fsp3) is 0.200. The van der Waals surface area contributed by atoms with E-state index in [0.717, 1.165) is 0 Å². The molecule has 2 aromatic carbocycles. The molecule has 1 atom stereocenters. The monoisotopic (exact) mass is 275 g/mol. The van der Waals surface area contributed by atoms with Gasteiger partial charge in [0.25, 0.3) is 0 Å². The molecule has 1 aliphatic rings. The molecule has 1 aliphatic heterocycles. The minimum Gasteiger partial charge on any atom is -0.380 e. The van der Waals surface area contributed by atoms with Crippen LogP contribution in [-0.2, 0) is 0 Å². The summed E-state index contributed by atoms with van der Waals surface area (Å²) in [5, 5.41) is 3.52. The normalized spacial score (nSPS) is 17.8. The molecule has 0 spiro atoms. The molecule has 0 saturated heterocycles. The summed E-state index contributed by atoms with van der Waals surface area (Å²) in [6.07, 6.45) is 4.46. The third kappa shape index (κ3) is 2.92. The van der Waals surface area contributed by atoms with Crippen molar-refractivity contribution in [3.8, 4) is 0 Å². The Hall–Kier alpha value is -2.28. The molecule has 0 fully saturated rings. The minimum absolute atomic E-state index is 0.262. The van der Waals surface area contributed by atoms with Gasteiger partial charge in [-0.2, -0.15) is 0 Å². The predicted molar refractivity (Wildman–Crippen MR) is 90.0 cm³/mol. The van der Waals surface area contributed by atoms with E-state index in [0.29, 0.717) is 0 Å². The highest BCUT2D eigenvalue weighted by atomic mass is 14.9. The van der Waals surface area contributed by atoms with E-state index in [4.69, 9.17) is 0 Å². The van der Waals surface area contributed by atoms with Crippen molar-refractivity contribution in [3.05, 3.63) is 88.6 Å². The van der Waals surface area contributed by atoms with Gasteiger partial charge in [0.15, 0.2) is 0 Å². The summed E-state index contributed by atoms with van der Waals surface area (Å²) < 4.78 is 0. The van der Waals surface area contributed by atoms with E-state index in [9.17, 15) is 0 Å². The van der Waals surface area contributed by atoms with Crippen molar-refractivity contribution < 1.29 is 0 Å². The number of aryl methyl sites for hydroxylation is 2. The van der Waals surface area contributed by atoms with Crippen LogP contribution in [0.15, 0.2) is 66.4 Å². The molecule has 2 aromatic rings. The van der Waals surface area contributed by atoms with Crippen molar-refractivity contribution in [1.82, 2.24) is 5.32 Å². The van der Waals surface area contributed by atoms with Crippen LogP contribution in [0.5, 0.6) is 0 Å². The van der Waals surface area contributed by atoms with Gasteiger partial charge >= 0.3 is 0 Å². The quantitative estimate of drug-likeness (QED) is 0.819. The summed E-state index contributed by atoms with van der Waals surface area (Å²) in [4.78, 5) is 0. The fourth-order valence-electron chi connectivity index (χ4n) is 2.85. The Bertz CT molecular complexity index is 722. The molecule has 1 N–H and O–H groups in total. The lowest BCUT2D eigenvalue weighted by atomic mass is 9.92. The maximum atomic E-state index is 3.52. The van der Waals surface area contributed by atoms with Crippen LogP contribution in [0.25, 0.3) is 5.57 Å². The molecule has 0 saturated carbocycles. The third-order valence-corrected chi connectivity index (χ3v) is 3.98. The molecular formula is C20H21N. The van der Waals surface area contributed by atoms with Crippen molar-refractivity contribution in [1.29, 1.82) is 0 Å². The van der Waals surface area contributed by atoms with Crippen LogP contribution in [0.3, 0.4) is 0 Å². The predicted octanol–water partition coefficient (Wildman–Crippen LogP) is 4.94. The number of benzene rings is 2. The molecular weight excluding hydrogens is 254 g/mol. The van der Waals surface area contributed by atoms with Gasteiger partial charge < -0.3 is 5.32 Å². The third-order valence-electron chi connectivity index (χ3n) is 3.98. The number of rotatable bonds is 2. The molecule has 0 bridgehead atoms. The van der Waals surface area contributed by atoms with Crippen LogP contribution in [0.2, 0.25) is 0 Å². The summed E-state index contributed by atoms with van der Waals surface area (Å²) in [6, 6.07) is 17.6. The molecule has 21 heavy (non-hydrogen) atoms. The van der Waals surface area contributed by atoms with Gasteiger partial charge in [0.05, 0.1) is 6.04 Å². The first-order valence-corrected chi connectivity index (χ1v) is 7.42. The Kier molecular flexibility index (Phi) is 3.66. The maximum absolute atomic E-state index is 3.52. The molecule has 1 heteroatoms. The lowest BCUT2D eigenvalue weighted by molar-refractivity contribution is 0.742.